The second-order valence-electron chi connectivity index (χ2n) is 4.66. The van der Waals surface area contributed by atoms with E-state index in [1.54, 1.807) is 6.07 Å². The number of ether oxygens (including phenoxy) is 1. The maximum atomic E-state index is 12.0. The maximum absolute atomic E-state index is 12.0. The second kappa shape index (κ2) is 6.80. The molecule has 1 aromatic heterocycles. The predicted molar refractivity (Wildman–Crippen MR) is 76.7 cm³/mol. The van der Waals surface area contributed by atoms with E-state index in [4.69, 9.17) is 9.15 Å². The van der Waals surface area contributed by atoms with Crippen molar-refractivity contribution in [3.63, 3.8) is 0 Å². The fraction of sp³-hybridized carbons (Fsp3) is 0.312. The van der Waals surface area contributed by atoms with Crippen LogP contribution in [0.25, 0.3) is 0 Å². The lowest BCUT2D eigenvalue weighted by Crippen LogP contribution is -2.32. The van der Waals surface area contributed by atoms with Crippen molar-refractivity contribution in [3.05, 3.63) is 54.0 Å². The zero-order valence-electron chi connectivity index (χ0n) is 11.8. The molecule has 2 rings (SSSR count). The summed E-state index contributed by atoms with van der Waals surface area (Å²) in [7, 11) is 0. The molecular weight excluding hydrogens is 254 g/mol. The number of amides is 1. The van der Waals surface area contributed by atoms with E-state index in [0.717, 1.165) is 17.7 Å². The standard InChI is InChI=1S/C16H19NO3/c1-3-12(2)17-16(18)15-13(9-10-19-15)11-20-14-7-5-4-6-8-14/h4-10,12H,3,11H2,1-2H3,(H,17,18). The molecular formula is C16H19NO3. The monoisotopic (exact) mass is 273 g/mol. The Morgan fingerprint density at radius 2 is 2.05 bits per heavy atom. The molecule has 0 bridgehead atoms. The van der Waals surface area contributed by atoms with E-state index < -0.39 is 0 Å². The Hall–Kier alpha value is -2.23. The summed E-state index contributed by atoms with van der Waals surface area (Å²) in [5.74, 6) is 0.888. The summed E-state index contributed by atoms with van der Waals surface area (Å²) in [6.07, 6.45) is 2.39. The summed E-state index contributed by atoms with van der Waals surface area (Å²) in [4.78, 5) is 12.0. The van der Waals surface area contributed by atoms with Crippen molar-refractivity contribution in [1.82, 2.24) is 5.32 Å². The average molecular weight is 273 g/mol. The van der Waals surface area contributed by atoms with Crippen molar-refractivity contribution in [3.8, 4) is 5.75 Å². The number of furan rings is 1. The van der Waals surface area contributed by atoms with E-state index in [9.17, 15) is 4.79 Å². The van der Waals surface area contributed by atoms with Gasteiger partial charge in [-0.05, 0) is 31.5 Å². The number of para-hydroxylation sites is 1. The molecule has 0 fully saturated rings. The molecule has 0 aliphatic heterocycles. The minimum Gasteiger partial charge on any atom is -0.489 e. The minimum atomic E-state index is -0.198. The topological polar surface area (TPSA) is 51.5 Å². The quantitative estimate of drug-likeness (QED) is 0.877. The average Bonchev–Trinajstić information content (AvgIpc) is 2.94. The lowest BCUT2D eigenvalue weighted by Gasteiger charge is -2.11. The van der Waals surface area contributed by atoms with E-state index in [0.29, 0.717) is 12.4 Å². The van der Waals surface area contributed by atoms with E-state index in [1.807, 2.05) is 44.2 Å². The smallest absolute Gasteiger partial charge is 0.287 e. The van der Waals surface area contributed by atoms with Crippen LogP contribution >= 0.6 is 0 Å². The van der Waals surface area contributed by atoms with Crippen molar-refractivity contribution in [2.24, 2.45) is 0 Å². The molecule has 1 heterocycles. The summed E-state index contributed by atoms with van der Waals surface area (Å²) in [5.41, 5.74) is 0.745. The van der Waals surface area contributed by atoms with Crippen molar-refractivity contribution < 1.29 is 13.9 Å². The van der Waals surface area contributed by atoms with Gasteiger partial charge in [0.15, 0.2) is 5.76 Å². The molecule has 2 aromatic rings. The van der Waals surface area contributed by atoms with Gasteiger partial charge in [-0.2, -0.15) is 0 Å². The van der Waals surface area contributed by atoms with Crippen molar-refractivity contribution in [2.75, 3.05) is 0 Å². The van der Waals surface area contributed by atoms with Crippen molar-refractivity contribution in [2.45, 2.75) is 32.9 Å². The molecule has 0 spiro atoms. The second-order valence-corrected chi connectivity index (χ2v) is 4.66. The molecule has 1 atom stereocenters. The van der Waals surface area contributed by atoms with Gasteiger partial charge in [0, 0.05) is 11.6 Å². The first-order valence-electron chi connectivity index (χ1n) is 6.75. The van der Waals surface area contributed by atoms with Gasteiger partial charge in [0.2, 0.25) is 0 Å². The van der Waals surface area contributed by atoms with E-state index in [-0.39, 0.29) is 11.9 Å². The van der Waals surface area contributed by atoms with Gasteiger partial charge in [-0.1, -0.05) is 25.1 Å². The van der Waals surface area contributed by atoms with Gasteiger partial charge >= 0.3 is 0 Å². The molecule has 0 saturated heterocycles. The molecule has 4 heteroatoms. The zero-order valence-corrected chi connectivity index (χ0v) is 11.8. The summed E-state index contributed by atoms with van der Waals surface area (Å²) in [5, 5.41) is 2.88. The van der Waals surface area contributed by atoms with Gasteiger partial charge in [0.1, 0.15) is 12.4 Å². The predicted octanol–water partition coefficient (Wildman–Crippen LogP) is 3.39. The number of rotatable bonds is 6. The van der Waals surface area contributed by atoms with Crippen molar-refractivity contribution >= 4 is 5.91 Å². The highest BCUT2D eigenvalue weighted by molar-refractivity contribution is 5.93. The first-order chi connectivity index (χ1) is 9.70. The van der Waals surface area contributed by atoms with Gasteiger partial charge in [-0.15, -0.1) is 0 Å². The fourth-order valence-corrected chi connectivity index (χ4v) is 1.72. The number of carbonyl (C=O) groups excluding carboxylic acids is 1. The molecule has 106 valence electrons. The Labute approximate surface area is 118 Å². The highest BCUT2D eigenvalue weighted by Crippen LogP contribution is 2.16. The number of carbonyl (C=O) groups is 1. The molecule has 1 amide bonds. The Kier molecular flexibility index (Phi) is 4.82. The first kappa shape index (κ1) is 14.2. The zero-order chi connectivity index (χ0) is 14.4. The maximum Gasteiger partial charge on any atom is 0.287 e. The van der Waals surface area contributed by atoms with Gasteiger partial charge in [0.05, 0.1) is 6.26 Å². The minimum absolute atomic E-state index is 0.121. The Morgan fingerprint density at radius 3 is 2.75 bits per heavy atom. The van der Waals surface area contributed by atoms with Crippen LogP contribution in [0.2, 0.25) is 0 Å². The number of hydrogen-bond donors (Lipinski definition) is 1. The third-order valence-electron chi connectivity index (χ3n) is 3.08. The van der Waals surface area contributed by atoms with Crippen LogP contribution in [0.5, 0.6) is 5.75 Å². The van der Waals surface area contributed by atoms with Crippen LogP contribution in [-0.4, -0.2) is 11.9 Å². The van der Waals surface area contributed by atoms with Crippen LogP contribution in [0, 0.1) is 0 Å². The molecule has 1 unspecified atom stereocenters. The van der Waals surface area contributed by atoms with Crippen LogP contribution < -0.4 is 10.1 Å². The summed E-state index contributed by atoms with van der Waals surface area (Å²) in [6.45, 7) is 4.29. The summed E-state index contributed by atoms with van der Waals surface area (Å²) in [6, 6.07) is 11.4. The van der Waals surface area contributed by atoms with Gasteiger partial charge in [0.25, 0.3) is 5.91 Å². The van der Waals surface area contributed by atoms with E-state index in [1.165, 1.54) is 6.26 Å². The van der Waals surface area contributed by atoms with Gasteiger partial charge in [-0.3, -0.25) is 4.79 Å². The molecule has 0 aliphatic rings. The SMILES string of the molecule is CCC(C)NC(=O)c1occc1COc1ccccc1. The van der Waals surface area contributed by atoms with Gasteiger partial charge in [-0.25, -0.2) is 0 Å². The van der Waals surface area contributed by atoms with Crippen LogP contribution in [0.1, 0.15) is 36.4 Å². The first-order valence-corrected chi connectivity index (χ1v) is 6.75. The highest BCUT2D eigenvalue weighted by atomic mass is 16.5. The van der Waals surface area contributed by atoms with Crippen LogP contribution in [-0.2, 0) is 6.61 Å². The molecule has 0 radical (unpaired) electrons. The fourth-order valence-electron chi connectivity index (χ4n) is 1.72. The van der Waals surface area contributed by atoms with Crippen molar-refractivity contribution in [1.29, 1.82) is 0 Å². The highest BCUT2D eigenvalue weighted by Gasteiger charge is 2.17. The molecule has 0 saturated carbocycles. The van der Waals surface area contributed by atoms with Crippen LogP contribution in [0.4, 0.5) is 0 Å². The van der Waals surface area contributed by atoms with E-state index in [2.05, 4.69) is 5.32 Å². The van der Waals surface area contributed by atoms with Crippen LogP contribution in [0.15, 0.2) is 47.1 Å². The van der Waals surface area contributed by atoms with E-state index >= 15 is 0 Å². The van der Waals surface area contributed by atoms with Crippen LogP contribution in [0.3, 0.4) is 0 Å². The summed E-state index contributed by atoms with van der Waals surface area (Å²) < 4.78 is 10.9. The number of nitrogens with one attached hydrogen (secondary N) is 1. The Morgan fingerprint density at radius 1 is 1.30 bits per heavy atom. The Bertz CT molecular complexity index is 548. The third kappa shape index (κ3) is 3.63. The summed E-state index contributed by atoms with van der Waals surface area (Å²) >= 11 is 0. The molecule has 1 aromatic carbocycles. The lowest BCUT2D eigenvalue weighted by molar-refractivity contribution is 0.0907. The molecule has 4 nitrogen and oxygen atoms in total. The molecule has 20 heavy (non-hydrogen) atoms. The lowest BCUT2D eigenvalue weighted by atomic mass is 10.2. The number of hydrogen-bond acceptors (Lipinski definition) is 3. The Balaban J connectivity index is 2.00. The third-order valence-corrected chi connectivity index (χ3v) is 3.08. The van der Waals surface area contributed by atoms with Gasteiger partial charge < -0.3 is 14.5 Å². The number of benzene rings is 1. The molecule has 1 N–H and O–H groups in total. The largest absolute Gasteiger partial charge is 0.489 e. The molecule has 0 aliphatic carbocycles. The normalized spacial score (nSPS) is 11.9.